The Hall–Kier alpha value is -1.60. The number of hydrogen-bond acceptors (Lipinski definition) is 3. The Morgan fingerprint density at radius 3 is 2.57 bits per heavy atom. The first-order valence-corrected chi connectivity index (χ1v) is 4.72. The minimum absolute atomic E-state index is 0.267. The van der Waals surface area contributed by atoms with E-state index < -0.39 is 0 Å². The summed E-state index contributed by atoms with van der Waals surface area (Å²) >= 11 is 3.12. The lowest BCUT2D eigenvalue weighted by Crippen LogP contribution is -1.77. The molecule has 0 aliphatic carbocycles. The zero-order chi connectivity index (χ0) is 9.97. The molecule has 0 unspecified atom stereocenters. The van der Waals surface area contributed by atoms with Gasteiger partial charge in [-0.25, -0.2) is 0 Å². The van der Waals surface area contributed by atoms with Gasteiger partial charge in [0.1, 0.15) is 6.07 Å². The topological polar surface area (TPSA) is 49.8 Å². The SMILES string of the molecule is N#Cc1nc(-c2ccccc2)oc1Br. The van der Waals surface area contributed by atoms with Crippen molar-refractivity contribution in [2.45, 2.75) is 0 Å². The van der Waals surface area contributed by atoms with Gasteiger partial charge in [0.05, 0.1) is 0 Å². The van der Waals surface area contributed by atoms with Crippen molar-refractivity contribution in [3.05, 3.63) is 40.7 Å². The second kappa shape index (κ2) is 3.64. The quantitative estimate of drug-likeness (QED) is 0.780. The third-order valence-electron chi connectivity index (χ3n) is 1.71. The molecular formula is C10H5BrN2O. The number of halogens is 1. The zero-order valence-electron chi connectivity index (χ0n) is 7.07. The normalized spacial score (nSPS) is 9.71. The Bertz CT molecular complexity index is 485. The summed E-state index contributed by atoms with van der Waals surface area (Å²) in [7, 11) is 0. The van der Waals surface area contributed by atoms with Crippen LogP contribution in [0.4, 0.5) is 0 Å². The number of oxazole rings is 1. The smallest absolute Gasteiger partial charge is 0.228 e. The molecule has 4 heteroatoms. The number of benzene rings is 1. The number of aromatic nitrogens is 1. The molecule has 2 aromatic rings. The van der Waals surface area contributed by atoms with Gasteiger partial charge in [0.2, 0.25) is 10.6 Å². The molecule has 0 aliphatic rings. The van der Waals surface area contributed by atoms with Gasteiger partial charge < -0.3 is 4.42 Å². The van der Waals surface area contributed by atoms with E-state index in [1.165, 1.54) is 0 Å². The van der Waals surface area contributed by atoms with Gasteiger partial charge in [-0.3, -0.25) is 0 Å². The highest BCUT2D eigenvalue weighted by atomic mass is 79.9. The van der Waals surface area contributed by atoms with E-state index in [4.69, 9.17) is 9.68 Å². The number of nitriles is 1. The summed E-state index contributed by atoms with van der Waals surface area (Å²) in [6, 6.07) is 11.4. The van der Waals surface area contributed by atoms with Crippen LogP contribution in [0.15, 0.2) is 39.4 Å². The van der Waals surface area contributed by atoms with Crippen LogP contribution in [0.2, 0.25) is 0 Å². The Morgan fingerprint density at radius 2 is 2.00 bits per heavy atom. The predicted octanol–water partition coefficient (Wildman–Crippen LogP) is 2.98. The van der Waals surface area contributed by atoms with Crippen LogP contribution in [-0.2, 0) is 0 Å². The molecule has 0 saturated heterocycles. The first-order chi connectivity index (χ1) is 6.81. The number of hydrogen-bond donors (Lipinski definition) is 0. The van der Waals surface area contributed by atoms with Gasteiger partial charge in [0.25, 0.3) is 0 Å². The van der Waals surface area contributed by atoms with E-state index >= 15 is 0 Å². The van der Waals surface area contributed by atoms with Crippen molar-refractivity contribution in [1.29, 1.82) is 5.26 Å². The van der Waals surface area contributed by atoms with E-state index in [9.17, 15) is 0 Å². The van der Waals surface area contributed by atoms with Gasteiger partial charge in [-0.1, -0.05) is 18.2 Å². The van der Waals surface area contributed by atoms with Crippen molar-refractivity contribution >= 4 is 15.9 Å². The molecule has 1 aromatic carbocycles. The Labute approximate surface area is 89.1 Å². The second-order valence-electron chi connectivity index (χ2n) is 2.62. The third kappa shape index (κ3) is 1.54. The first kappa shape index (κ1) is 8.97. The van der Waals surface area contributed by atoms with Gasteiger partial charge in [-0.15, -0.1) is 0 Å². The van der Waals surface area contributed by atoms with E-state index in [1.54, 1.807) is 0 Å². The maximum absolute atomic E-state index is 8.68. The van der Waals surface area contributed by atoms with E-state index in [0.29, 0.717) is 10.6 Å². The summed E-state index contributed by atoms with van der Waals surface area (Å²) in [4.78, 5) is 4.02. The summed E-state index contributed by atoms with van der Waals surface area (Å²) in [6.07, 6.45) is 0. The molecule has 0 amide bonds. The standard InChI is InChI=1S/C10H5BrN2O/c11-9-8(6-12)13-10(14-9)7-4-2-1-3-5-7/h1-5H. The highest BCUT2D eigenvalue weighted by molar-refractivity contribution is 9.10. The van der Waals surface area contributed by atoms with Crippen LogP contribution in [-0.4, -0.2) is 4.98 Å². The second-order valence-corrected chi connectivity index (χ2v) is 3.34. The maximum Gasteiger partial charge on any atom is 0.228 e. The van der Waals surface area contributed by atoms with Crippen molar-refractivity contribution in [2.24, 2.45) is 0 Å². The van der Waals surface area contributed by atoms with Crippen molar-refractivity contribution in [2.75, 3.05) is 0 Å². The molecule has 2 rings (SSSR count). The van der Waals surface area contributed by atoms with Crippen molar-refractivity contribution < 1.29 is 4.42 Å². The summed E-state index contributed by atoms with van der Waals surface area (Å²) in [6.45, 7) is 0. The van der Waals surface area contributed by atoms with E-state index in [-0.39, 0.29) is 5.69 Å². The lowest BCUT2D eigenvalue weighted by molar-refractivity contribution is 0.549. The van der Waals surface area contributed by atoms with Crippen LogP contribution >= 0.6 is 15.9 Å². The highest BCUT2D eigenvalue weighted by Gasteiger charge is 2.10. The predicted molar refractivity (Wildman–Crippen MR) is 54.4 cm³/mol. The van der Waals surface area contributed by atoms with Crippen molar-refractivity contribution in [1.82, 2.24) is 4.98 Å². The van der Waals surface area contributed by atoms with Crippen LogP contribution in [0.1, 0.15) is 5.69 Å². The molecule has 0 aliphatic heterocycles. The molecule has 1 aromatic heterocycles. The van der Waals surface area contributed by atoms with E-state index in [1.807, 2.05) is 36.4 Å². The summed E-state index contributed by atoms with van der Waals surface area (Å²) in [5, 5.41) is 8.68. The monoisotopic (exact) mass is 248 g/mol. The average molecular weight is 249 g/mol. The zero-order valence-corrected chi connectivity index (χ0v) is 8.65. The molecular weight excluding hydrogens is 244 g/mol. The fourth-order valence-electron chi connectivity index (χ4n) is 1.07. The Balaban J connectivity index is 2.50. The summed E-state index contributed by atoms with van der Waals surface area (Å²) in [5.41, 5.74) is 1.12. The molecule has 0 saturated carbocycles. The molecule has 0 fully saturated rings. The van der Waals surface area contributed by atoms with Crippen LogP contribution in [0.25, 0.3) is 11.5 Å². The van der Waals surface area contributed by atoms with Crippen molar-refractivity contribution in [3.63, 3.8) is 0 Å². The molecule has 68 valence electrons. The van der Waals surface area contributed by atoms with Crippen molar-refractivity contribution in [3.8, 4) is 17.5 Å². The largest absolute Gasteiger partial charge is 0.428 e. The highest BCUT2D eigenvalue weighted by Crippen LogP contribution is 2.24. The summed E-state index contributed by atoms with van der Waals surface area (Å²) in [5.74, 6) is 0.453. The number of nitrogens with zero attached hydrogens (tertiary/aromatic N) is 2. The Morgan fingerprint density at radius 1 is 1.29 bits per heavy atom. The summed E-state index contributed by atoms with van der Waals surface area (Å²) < 4.78 is 5.65. The lowest BCUT2D eigenvalue weighted by atomic mass is 10.2. The van der Waals surface area contributed by atoms with Gasteiger partial charge in [0.15, 0.2) is 5.69 Å². The molecule has 0 spiro atoms. The molecule has 0 radical (unpaired) electrons. The molecule has 0 atom stereocenters. The average Bonchev–Trinajstić information content (AvgIpc) is 2.61. The van der Waals surface area contributed by atoms with E-state index in [2.05, 4.69) is 20.9 Å². The molecule has 3 nitrogen and oxygen atoms in total. The van der Waals surface area contributed by atoms with Crippen LogP contribution in [0.5, 0.6) is 0 Å². The van der Waals surface area contributed by atoms with Crippen LogP contribution in [0.3, 0.4) is 0 Å². The fourth-order valence-corrected chi connectivity index (χ4v) is 1.41. The van der Waals surface area contributed by atoms with Gasteiger partial charge >= 0.3 is 0 Å². The minimum Gasteiger partial charge on any atom is -0.428 e. The molecule has 0 N–H and O–H groups in total. The van der Waals surface area contributed by atoms with Gasteiger partial charge in [-0.2, -0.15) is 10.2 Å². The third-order valence-corrected chi connectivity index (χ3v) is 2.25. The Kier molecular flexibility index (Phi) is 2.33. The lowest BCUT2D eigenvalue weighted by Gasteiger charge is -1.91. The molecule has 14 heavy (non-hydrogen) atoms. The first-order valence-electron chi connectivity index (χ1n) is 3.93. The van der Waals surface area contributed by atoms with Crippen LogP contribution < -0.4 is 0 Å². The van der Waals surface area contributed by atoms with E-state index in [0.717, 1.165) is 5.56 Å². The number of rotatable bonds is 1. The maximum atomic E-state index is 8.68. The molecule has 1 heterocycles. The van der Waals surface area contributed by atoms with Crippen LogP contribution in [0, 0.1) is 11.3 Å². The molecule has 0 bridgehead atoms. The minimum atomic E-state index is 0.267. The van der Waals surface area contributed by atoms with Gasteiger partial charge in [-0.05, 0) is 28.1 Å². The fraction of sp³-hybridized carbons (Fsp3) is 0. The van der Waals surface area contributed by atoms with Gasteiger partial charge in [0, 0.05) is 5.56 Å².